The molecule has 2 saturated heterocycles. The van der Waals surface area contributed by atoms with Crippen LogP contribution in [0.5, 0.6) is 0 Å². The summed E-state index contributed by atoms with van der Waals surface area (Å²) in [5, 5.41) is 0. The molecule has 2 unspecified atom stereocenters. The highest BCUT2D eigenvalue weighted by atomic mass is 79.9. The first-order valence-corrected chi connectivity index (χ1v) is 8.26. The number of hydrogen-bond acceptors (Lipinski definition) is 3. The van der Waals surface area contributed by atoms with Gasteiger partial charge in [-0.1, -0.05) is 22.0 Å². The van der Waals surface area contributed by atoms with Crippen molar-refractivity contribution < 1.29 is 14.3 Å². The lowest BCUT2D eigenvalue weighted by Crippen LogP contribution is -2.36. The summed E-state index contributed by atoms with van der Waals surface area (Å²) in [6.45, 7) is 4.11. The highest BCUT2D eigenvalue weighted by Gasteiger charge is 2.34. The van der Waals surface area contributed by atoms with Crippen LogP contribution in [-0.2, 0) is 9.47 Å². The quantitative estimate of drug-likeness (QED) is 0.828. The number of cyclic esters (lactones) is 1. The van der Waals surface area contributed by atoms with Crippen molar-refractivity contribution in [2.75, 3.05) is 19.7 Å². The summed E-state index contributed by atoms with van der Waals surface area (Å²) in [7, 11) is 0. The third-order valence-electron chi connectivity index (χ3n) is 4.16. The van der Waals surface area contributed by atoms with Crippen molar-refractivity contribution in [1.82, 2.24) is 4.90 Å². The van der Waals surface area contributed by atoms with Crippen molar-refractivity contribution in [2.45, 2.75) is 38.4 Å². The Balaban J connectivity index is 1.66. The standard InChI is InChI=1S/C16H20BrNO3/c1-11-8-12(17)5-6-14(11)15-10-18(16(19)21-15)9-13-4-2-3-7-20-13/h5-6,8,13,15H,2-4,7,9-10H2,1H3. The summed E-state index contributed by atoms with van der Waals surface area (Å²) in [5.74, 6) is 0. The van der Waals surface area contributed by atoms with E-state index < -0.39 is 0 Å². The molecule has 0 saturated carbocycles. The Labute approximate surface area is 133 Å². The van der Waals surface area contributed by atoms with Crippen LogP contribution in [0.2, 0.25) is 0 Å². The van der Waals surface area contributed by atoms with E-state index in [4.69, 9.17) is 9.47 Å². The summed E-state index contributed by atoms with van der Waals surface area (Å²) in [4.78, 5) is 13.8. The van der Waals surface area contributed by atoms with Crippen LogP contribution in [0.4, 0.5) is 4.79 Å². The molecule has 0 N–H and O–H groups in total. The minimum absolute atomic E-state index is 0.163. The van der Waals surface area contributed by atoms with Crippen LogP contribution in [0.15, 0.2) is 22.7 Å². The first kappa shape index (κ1) is 14.9. The number of carbonyl (C=O) groups excluding carboxylic acids is 1. The Kier molecular flexibility index (Phi) is 4.50. The van der Waals surface area contributed by atoms with Gasteiger partial charge in [0.05, 0.1) is 19.2 Å². The van der Waals surface area contributed by atoms with E-state index in [1.807, 2.05) is 19.1 Å². The first-order valence-electron chi connectivity index (χ1n) is 7.46. The molecule has 3 rings (SSSR count). The number of rotatable bonds is 3. The van der Waals surface area contributed by atoms with Gasteiger partial charge in [-0.2, -0.15) is 0 Å². The SMILES string of the molecule is Cc1cc(Br)ccc1C1CN(CC2CCCCO2)C(=O)O1. The number of halogens is 1. The Morgan fingerprint density at radius 1 is 1.38 bits per heavy atom. The highest BCUT2D eigenvalue weighted by molar-refractivity contribution is 9.10. The molecule has 2 aliphatic rings. The zero-order valence-electron chi connectivity index (χ0n) is 12.2. The van der Waals surface area contributed by atoms with E-state index in [1.165, 1.54) is 6.42 Å². The molecule has 0 aromatic heterocycles. The molecule has 2 aliphatic heterocycles. The molecule has 114 valence electrons. The molecule has 0 bridgehead atoms. The van der Waals surface area contributed by atoms with Gasteiger partial charge in [-0.3, -0.25) is 0 Å². The predicted molar refractivity (Wildman–Crippen MR) is 83.3 cm³/mol. The predicted octanol–water partition coefficient (Wildman–Crippen LogP) is 3.82. The number of amides is 1. The molecular weight excluding hydrogens is 334 g/mol. The van der Waals surface area contributed by atoms with E-state index in [0.717, 1.165) is 35.0 Å². The molecule has 5 heteroatoms. The monoisotopic (exact) mass is 353 g/mol. The van der Waals surface area contributed by atoms with Gasteiger partial charge < -0.3 is 14.4 Å². The summed E-state index contributed by atoms with van der Waals surface area (Å²) in [6, 6.07) is 6.07. The minimum atomic E-state index is -0.225. The average Bonchev–Trinajstić information content (AvgIpc) is 2.81. The molecule has 1 aromatic rings. The van der Waals surface area contributed by atoms with E-state index in [-0.39, 0.29) is 18.3 Å². The lowest BCUT2D eigenvalue weighted by atomic mass is 10.0. The molecule has 1 aromatic carbocycles. The summed E-state index contributed by atoms with van der Waals surface area (Å²) in [5.41, 5.74) is 2.22. The lowest BCUT2D eigenvalue weighted by Gasteiger charge is -2.25. The average molecular weight is 354 g/mol. The molecule has 0 spiro atoms. The zero-order chi connectivity index (χ0) is 14.8. The second kappa shape index (κ2) is 6.36. The van der Waals surface area contributed by atoms with E-state index in [0.29, 0.717) is 13.1 Å². The topological polar surface area (TPSA) is 38.8 Å². The summed E-state index contributed by atoms with van der Waals surface area (Å²) >= 11 is 3.46. The Hall–Kier alpha value is -1.07. The van der Waals surface area contributed by atoms with Crippen LogP contribution < -0.4 is 0 Å². The van der Waals surface area contributed by atoms with Crippen molar-refractivity contribution in [3.05, 3.63) is 33.8 Å². The number of benzene rings is 1. The van der Waals surface area contributed by atoms with Gasteiger partial charge in [0.1, 0.15) is 6.10 Å². The Morgan fingerprint density at radius 2 is 2.24 bits per heavy atom. The highest BCUT2D eigenvalue weighted by Crippen LogP contribution is 2.30. The molecule has 2 fully saturated rings. The molecule has 4 nitrogen and oxygen atoms in total. The van der Waals surface area contributed by atoms with Crippen LogP contribution in [-0.4, -0.2) is 36.8 Å². The van der Waals surface area contributed by atoms with Gasteiger partial charge in [-0.05, 0) is 49.4 Å². The van der Waals surface area contributed by atoms with Crippen molar-refractivity contribution in [2.24, 2.45) is 0 Å². The maximum atomic E-state index is 12.0. The van der Waals surface area contributed by atoms with Crippen molar-refractivity contribution in [1.29, 1.82) is 0 Å². The normalized spacial score (nSPS) is 26.0. The Morgan fingerprint density at radius 3 is 2.95 bits per heavy atom. The molecule has 1 amide bonds. The van der Waals surface area contributed by atoms with Gasteiger partial charge in [0, 0.05) is 11.1 Å². The maximum Gasteiger partial charge on any atom is 0.410 e. The lowest BCUT2D eigenvalue weighted by molar-refractivity contribution is 0.00223. The number of aryl methyl sites for hydroxylation is 1. The van der Waals surface area contributed by atoms with Crippen LogP contribution in [0.3, 0.4) is 0 Å². The van der Waals surface area contributed by atoms with E-state index in [9.17, 15) is 4.79 Å². The van der Waals surface area contributed by atoms with Crippen molar-refractivity contribution in [3.63, 3.8) is 0 Å². The van der Waals surface area contributed by atoms with Crippen molar-refractivity contribution >= 4 is 22.0 Å². The number of carbonyl (C=O) groups is 1. The van der Waals surface area contributed by atoms with Crippen LogP contribution in [0.1, 0.15) is 36.5 Å². The van der Waals surface area contributed by atoms with E-state index >= 15 is 0 Å². The largest absolute Gasteiger partial charge is 0.439 e. The minimum Gasteiger partial charge on any atom is -0.439 e. The fraction of sp³-hybridized carbons (Fsp3) is 0.562. The van der Waals surface area contributed by atoms with Gasteiger partial charge >= 0.3 is 6.09 Å². The number of ether oxygens (including phenoxy) is 2. The van der Waals surface area contributed by atoms with Crippen LogP contribution >= 0.6 is 15.9 Å². The van der Waals surface area contributed by atoms with E-state index in [2.05, 4.69) is 22.0 Å². The molecule has 21 heavy (non-hydrogen) atoms. The fourth-order valence-electron chi connectivity index (χ4n) is 3.02. The molecule has 2 atom stereocenters. The van der Waals surface area contributed by atoms with Crippen LogP contribution in [0, 0.1) is 6.92 Å². The second-order valence-electron chi connectivity index (χ2n) is 5.77. The third-order valence-corrected chi connectivity index (χ3v) is 4.66. The first-order chi connectivity index (χ1) is 10.1. The maximum absolute atomic E-state index is 12.0. The third kappa shape index (κ3) is 3.40. The van der Waals surface area contributed by atoms with Crippen LogP contribution in [0.25, 0.3) is 0 Å². The number of nitrogens with zero attached hydrogens (tertiary/aromatic N) is 1. The van der Waals surface area contributed by atoms with Gasteiger partial charge in [-0.25, -0.2) is 4.79 Å². The molecular formula is C16H20BrNO3. The smallest absolute Gasteiger partial charge is 0.410 e. The van der Waals surface area contributed by atoms with Gasteiger partial charge in [0.25, 0.3) is 0 Å². The molecule has 0 radical (unpaired) electrons. The van der Waals surface area contributed by atoms with Crippen molar-refractivity contribution in [3.8, 4) is 0 Å². The zero-order valence-corrected chi connectivity index (χ0v) is 13.8. The number of hydrogen-bond donors (Lipinski definition) is 0. The summed E-state index contributed by atoms with van der Waals surface area (Å²) in [6.07, 6.45) is 3.11. The summed E-state index contributed by atoms with van der Waals surface area (Å²) < 4.78 is 12.3. The molecule has 0 aliphatic carbocycles. The van der Waals surface area contributed by atoms with Gasteiger partial charge in [0.15, 0.2) is 0 Å². The van der Waals surface area contributed by atoms with Gasteiger partial charge in [0.2, 0.25) is 0 Å². The Bertz CT molecular complexity index is 528. The molecule has 2 heterocycles. The fourth-order valence-corrected chi connectivity index (χ4v) is 3.49. The second-order valence-corrected chi connectivity index (χ2v) is 6.68. The van der Waals surface area contributed by atoms with Gasteiger partial charge in [-0.15, -0.1) is 0 Å². The van der Waals surface area contributed by atoms with E-state index in [1.54, 1.807) is 4.90 Å².